The minimum absolute atomic E-state index is 0.0987. The van der Waals surface area contributed by atoms with Crippen molar-refractivity contribution in [3.63, 3.8) is 0 Å². The first-order valence-electron chi connectivity index (χ1n) is 8.84. The third-order valence-corrected chi connectivity index (χ3v) is 4.65. The smallest absolute Gasteiger partial charge is 0.317 e. The highest BCUT2D eigenvalue weighted by atomic mass is 19.1. The van der Waals surface area contributed by atoms with Gasteiger partial charge in [0.05, 0.1) is 11.8 Å². The van der Waals surface area contributed by atoms with Gasteiger partial charge in [0.1, 0.15) is 5.82 Å². The molecule has 0 unspecified atom stereocenters. The zero-order valence-electron chi connectivity index (χ0n) is 14.9. The Morgan fingerprint density at radius 1 is 1.15 bits per heavy atom. The summed E-state index contributed by atoms with van der Waals surface area (Å²) >= 11 is 0. The van der Waals surface area contributed by atoms with Crippen molar-refractivity contribution < 1.29 is 14.3 Å². The molecule has 26 heavy (non-hydrogen) atoms. The molecule has 1 atom stereocenters. The molecule has 3 rings (SSSR count). The number of halogens is 1. The maximum absolute atomic E-state index is 14.3. The second-order valence-electron chi connectivity index (χ2n) is 6.51. The molecule has 0 spiro atoms. The van der Waals surface area contributed by atoms with Crippen LogP contribution in [0.1, 0.15) is 24.2 Å². The fourth-order valence-electron chi connectivity index (χ4n) is 3.08. The fourth-order valence-corrected chi connectivity index (χ4v) is 3.08. The SMILES string of the molecule is C[C@@H](O)c1ccc(N2CCN(C(=O)NCc3ccccc3)CC2)c(F)c1. The van der Waals surface area contributed by atoms with Crippen LogP contribution in [0.3, 0.4) is 0 Å². The normalized spacial score (nSPS) is 15.7. The molecule has 1 saturated heterocycles. The zero-order valence-corrected chi connectivity index (χ0v) is 14.9. The van der Waals surface area contributed by atoms with Crippen molar-refractivity contribution in [2.75, 3.05) is 31.1 Å². The van der Waals surface area contributed by atoms with Crippen LogP contribution in [0.2, 0.25) is 0 Å². The summed E-state index contributed by atoms with van der Waals surface area (Å²) in [4.78, 5) is 16.0. The molecule has 6 heteroatoms. The summed E-state index contributed by atoms with van der Waals surface area (Å²) in [7, 11) is 0. The van der Waals surface area contributed by atoms with Crippen LogP contribution in [0.5, 0.6) is 0 Å². The van der Waals surface area contributed by atoms with Crippen molar-refractivity contribution in [2.24, 2.45) is 0 Å². The summed E-state index contributed by atoms with van der Waals surface area (Å²) in [5.74, 6) is -0.342. The number of carbonyl (C=O) groups is 1. The van der Waals surface area contributed by atoms with Crippen LogP contribution in [0.4, 0.5) is 14.9 Å². The van der Waals surface area contributed by atoms with Gasteiger partial charge in [-0.05, 0) is 30.2 Å². The first kappa shape index (κ1) is 18.2. The van der Waals surface area contributed by atoms with E-state index >= 15 is 0 Å². The van der Waals surface area contributed by atoms with Crippen molar-refractivity contribution in [1.29, 1.82) is 0 Å². The topological polar surface area (TPSA) is 55.8 Å². The lowest BCUT2D eigenvalue weighted by Crippen LogP contribution is -2.51. The van der Waals surface area contributed by atoms with E-state index in [2.05, 4.69) is 5.32 Å². The highest BCUT2D eigenvalue weighted by Gasteiger charge is 2.23. The minimum atomic E-state index is -0.691. The number of piperazine rings is 1. The molecule has 2 N–H and O–H groups in total. The molecule has 2 aromatic carbocycles. The van der Waals surface area contributed by atoms with Gasteiger partial charge in [-0.2, -0.15) is 0 Å². The highest BCUT2D eigenvalue weighted by molar-refractivity contribution is 5.74. The average Bonchev–Trinajstić information content (AvgIpc) is 2.67. The first-order valence-corrected chi connectivity index (χ1v) is 8.84. The standard InChI is InChI=1S/C20H24FN3O2/c1-15(25)17-7-8-19(18(21)13-17)23-9-11-24(12-10-23)20(26)22-14-16-5-3-2-4-6-16/h2-8,13,15,25H,9-12,14H2,1H3,(H,22,26)/t15-/m1/s1. The van der Waals surface area contributed by atoms with Crippen molar-refractivity contribution in [2.45, 2.75) is 19.6 Å². The number of hydrogen-bond acceptors (Lipinski definition) is 3. The third-order valence-electron chi connectivity index (χ3n) is 4.65. The van der Waals surface area contributed by atoms with Gasteiger partial charge in [-0.15, -0.1) is 0 Å². The number of benzene rings is 2. The molecule has 0 saturated carbocycles. The van der Waals surface area contributed by atoms with E-state index in [1.165, 1.54) is 6.07 Å². The summed E-state index contributed by atoms with van der Waals surface area (Å²) in [5.41, 5.74) is 2.13. The number of urea groups is 1. The molecular weight excluding hydrogens is 333 g/mol. The molecule has 0 aromatic heterocycles. The number of hydrogen-bond donors (Lipinski definition) is 2. The number of rotatable bonds is 4. The number of carbonyl (C=O) groups excluding carboxylic acids is 1. The van der Waals surface area contributed by atoms with E-state index in [4.69, 9.17) is 0 Å². The molecule has 2 amide bonds. The van der Waals surface area contributed by atoms with Crippen LogP contribution >= 0.6 is 0 Å². The molecular formula is C20H24FN3O2. The monoisotopic (exact) mass is 357 g/mol. The Morgan fingerprint density at radius 2 is 1.85 bits per heavy atom. The Bertz CT molecular complexity index is 744. The summed E-state index contributed by atoms with van der Waals surface area (Å²) in [6, 6.07) is 14.5. The zero-order chi connectivity index (χ0) is 18.5. The fraction of sp³-hybridized carbons (Fsp3) is 0.350. The van der Waals surface area contributed by atoms with Crippen molar-refractivity contribution in [3.8, 4) is 0 Å². The highest BCUT2D eigenvalue weighted by Crippen LogP contribution is 2.24. The Hall–Kier alpha value is -2.60. The molecule has 1 aliphatic rings. The quantitative estimate of drug-likeness (QED) is 0.885. The van der Waals surface area contributed by atoms with Gasteiger partial charge in [-0.1, -0.05) is 36.4 Å². The van der Waals surface area contributed by atoms with Gasteiger partial charge in [0.25, 0.3) is 0 Å². The van der Waals surface area contributed by atoms with Gasteiger partial charge < -0.3 is 20.2 Å². The van der Waals surface area contributed by atoms with Crippen LogP contribution in [0, 0.1) is 5.82 Å². The lowest BCUT2D eigenvalue weighted by Gasteiger charge is -2.36. The average molecular weight is 357 g/mol. The molecule has 0 aliphatic carbocycles. The van der Waals surface area contributed by atoms with Crippen LogP contribution in [0.25, 0.3) is 0 Å². The van der Waals surface area contributed by atoms with E-state index in [0.717, 1.165) is 5.56 Å². The minimum Gasteiger partial charge on any atom is -0.389 e. The van der Waals surface area contributed by atoms with Gasteiger partial charge in [0.15, 0.2) is 0 Å². The lowest BCUT2D eigenvalue weighted by atomic mass is 10.1. The molecule has 5 nitrogen and oxygen atoms in total. The Morgan fingerprint density at radius 3 is 2.46 bits per heavy atom. The second kappa shape index (κ2) is 8.19. The molecule has 2 aromatic rings. The van der Waals surface area contributed by atoms with Crippen molar-refractivity contribution in [3.05, 3.63) is 65.5 Å². The maximum atomic E-state index is 14.3. The summed E-state index contributed by atoms with van der Waals surface area (Å²) in [5, 5.41) is 12.5. The van der Waals surface area contributed by atoms with Crippen LogP contribution in [0.15, 0.2) is 48.5 Å². The van der Waals surface area contributed by atoms with E-state index in [9.17, 15) is 14.3 Å². The van der Waals surface area contributed by atoms with E-state index in [1.807, 2.05) is 35.2 Å². The van der Waals surface area contributed by atoms with Gasteiger partial charge in [-0.25, -0.2) is 9.18 Å². The van der Waals surface area contributed by atoms with Gasteiger partial charge in [0, 0.05) is 32.7 Å². The van der Waals surface area contributed by atoms with Crippen LogP contribution in [-0.4, -0.2) is 42.2 Å². The third kappa shape index (κ3) is 4.32. The predicted octanol–water partition coefficient (Wildman–Crippen LogP) is 2.91. The van der Waals surface area contributed by atoms with Crippen molar-refractivity contribution in [1.82, 2.24) is 10.2 Å². The van der Waals surface area contributed by atoms with Gasteiger partial charge >= 0.3 is 6.03 Å². The molecule has 1 fully saturated rings. The molecule has 1 aliphatic heterocycles. The van der Waals surface area contributed by atoms with Crippen LogP contribution < -0.4 is 10.2 Å². The van der Waals surface area contributed by atoms with E-state index in [-0.39, 0.29) is 11.8 Å². The van der Waals surface area contributed by atoms with E-state index < -0.39 is 6.10 Å². The number of nitrogens with zero attached hydrogens (tertiary/aromatic N) is 2. The van der Waals surface area contributed by atoms with E-state index in [0.29, 0.717) is 44.0 Å². The molecule has 1 heterocycles. The number of anilines is 1. The van der Waals surface area contributed by atoms with Gasteiger partial charge in [-0.3, -0.25) is 0 Å². The van der Waals surface area contributed by atoms with Crippen LogP contribution in [-0.2, 0) is 6.54 Å². The predicted molar refractivity (Wildman–Crippen MR) is 99.5 cm³/mol. The maximum Gasteiger partial charge on any atom is 0.317 e. The largest absolute Gasteiger partial charge is 0.389 e. The number of aliphatic hydroxyl groups excluding tert-OH is 1. The first-order chi connectivity index (χ1) is 12.5. The lowest BCUT2D eigenvalue weighted by molar-refractivity contribution is 0.193. The summed E-state index contributed by atoms with van der Waals surface area (Å²) in [6.07, 6.45) is -0.691. The van der Waals surface area contributed by atoms with Gasteiger partial charge in [0.2, 0.25) is 0 Å². The Balaban J connectivity index is 1.53. The second-order valence-corrected chi connectivity index (χ2v) is 6.51. The summed E-state index contributed by atoms with van der Waals surface area (Å²) in [6.45, 7) is 4.33. The summed E-state index contributed by atoms with van der Waals surface area (Å²) < 4.78 is 14.3. The number of amides is 2. The Kier molecular flexibility index (Phi) is 5.73. The molecule has 138 valence electrons. The molecule has 0 bridgehead atoms. The van der Waals surface area contributed by atoms with E-state index in [1.54, 1.807) is 24.0 Å². The van der Waals surface area contributed by atoms with Crippen molar-refractivity contribution >= 4 is 11.7 Å². The Labute approximate surface area is 153 Å². The molecule has 0 radical (unpaired) electrons. The number of nitrogens with one attached hydrogen (secondary N) is 1. The number of aliphatic hydroxyl groups is 1.